The lowest BCUT2D eigenvalue weighted by Crippen LogP contribution is -2.11. The number of carbonyl (C=O) groups excluding carboxylic acids is 2. The predicted molar refractivity (Wildman–Crippen MR) is 71.4 cm³/mol. The summed E-state index contributed by atoms with van der Waals surface area (Å²) in [6.07, 6.45) is -0.355. The van der Waals surface area contributed by atoms with Gasteiger partial charge in [-0.15, -0.1) is 0 Å². The Balaban J connectivity index is 2.53. The zero-order valence-electron chi connectivity index (χ0n) is 9.83. The molecule has 100 valence electrons. The van der Waals surface area contributed by atoms with Crippen molar-refractivity contribution in [3.8, 4) is 5.88 Å². The first-order chi connectivity index (χ1) is 9.06. The van der Waals surface area contributed by atoms with Gasteiger partial charge < -0.3 is 14.5 Å². The second-order valence-electron chi connectivity index (χ2n) is 3.58. The van der Waals surface area contributed by atoms with Crippen LogP contribution in [0.15, 0.2) is 12.1 Å². The third-order valence-electron chi connectivity index (χ3n) is 2.38. The Bertz CT molecular complexity index is 651. The average Bonchev–Trinajstić information content (AvgIpc) is 2.66. The zero-order valence-corrected chi connectivity index (χ0v) is 11.3. The van der Waals surface area contributed by atoms with Crippen LogP contribution in [0.1, 0.15) is 17.3 Å². The van der Waals surface area contributed by atoms with Gasteiger partial charge in [0.2, 0.25) is 5.88 Å². The van der Waals surface area contributed by atoms with Gasteiger partial charge in [0.05, 0.1) is 22.7 Å². The van der Waals surface area contributed by atoms with E-state index in [1.54, 1.807) is 13.0 Å². The highest BCUT2D eigenvalue weighted by atomic mass is 35.5. The minimum Gasteiger partial charge on any atom is -0.434 e. The van der Waals surface area contributed by atoms with Gasteiger partial charge in [-0.2, -0.15) is 0 Å². The van der Waals surface area contributed by atoms with E-state index in [-0.39, 0.29) is 18.1 Å². The first-order valence-corrected chi connectivity index (χ1v) is 6.13. The van der Waals surface area contributed by atoms with Gasteiger partial charge in [0, 0.05) is 10.4 Å². The number of aldehydes is 1. The number of hydrogen-bond donors (Lipinski definition) is 1. The van der Waals surface area contributed by atoms with Crippen LogP contribution < -0.4 is 4.74 Å². The summed E-state index contributed by atoms with van der Waals surface area (Å²) in [4.78, 5) is 25.2. The lowest BCUT2D eigenvalue weighted by Gasteiger charge is -2.01. The molecule has 5 nitrogen and oxygen atoms in total. The number of fused-ring (bicyclic) bond motifs is 1. The molecule has 1 aromatic carbocycles. The molecule has 0 radical (unpaired) electrons. The number of hydrogen-bond acceptors (Lipinski definition) is 4. The number of aromatic nitrogens is 1. The monoisotopic (exact) mass is 301 g/mol. The Hall–Kier alpha value is -1.72. The van der Waals surface area contributed by atoms with E-state index >= 15 is 0 Å². The fourth-order valence-electron chi connectivity index (χ4n) is 1.67. The summed E-state index contributed by atoms with van der Waals surface area (Å²) >= 11 is 11.9. The molecule has 0 aliphatic carbocycles. The molecule has 0 aliphatic heterocycles. The first kappa shape index (κ1) is 13.7. The maximum Gasteiger partial charge on any atom is 0.515 e. The minimum atomic E-state index is -0.903. The fraction of sp³-hybridized carbons (Fsp3) is 0.167. The van der Waals surface area contributed by atoms with E-state index in [1.165, 1.54) is 6.07 Å². The smallest absolute Gasteiger partial charge is 0.434 e. The van der Waals surface area contributed by atoms with Gasteiger partial charge in [-0.05, 0) is 19.1 Å². The zero-order chi connectivity index (χ0) is 14.0. The third kappa shape index (κ3) is 2.67. The summed E-state index contributed by atoms with van der Waals surface area (Å²) in [5.74, 6) is -0.0207. The molecule has 19 heavy (non-hydrogen) atoms. The third-order valence-corrected chi connectivity index (χ3v) is 2.90. The normalized spacial score (nSPS) is 10.5. The maximum absolute atomic E-state index is 11.3. The largest absolute Gasteiger partial charge is 0.515 e. The molecule has 0 aliphatic rings. The standard InChI is InChI=1S/C12H9Cl2NO4/c1-2-18-12(17)19-11-7(5-16)10-8(14)3-6(13)4-9(10)15-11/h3-5,15H,2H2,1H3. The molecule has 0 atom stereocenters. The lowest BCUT2D eigenvalue weighted by molar-refractivity contribution is 0.102. The molecule has 0 fully saturated rings. The Morgan fingerprint density at radius 3 is 2.79 bits per heavy atom. The predicted octanol–water partition coefficient (Wildman–Crippen LogP) is 3.82. The van der Waals surface area contributed by atoms with Crippen LogP contribution in [0.2, 0.25) is 10.0 Å². The summed E-state index contributed by atoms with van der Waals surface area (Å²) in [6.45, 7) is 1.81. The molecule has 0 saturated heterocycles. The van der Waals surface area contributed by atoms with Crippen LogP contribution in [-0.2, 0) is 4.74 Å². The van der Waals surface area contributed by atoms with Crippen LogP contribution in [0, 0.1) is 0 Å². The van der Waals surface area contributed by atoms with Crippen molar-refractivity contribution >= 4 is 46.5 Å². The lowest BCUT2D eigenvalue weighted by atomic mass is 10.2. The Morgan fingerprint density at radius 1 is 1.42 bits per heavy atom. The fourth-order valence-corrected chi connectivity index (χ4v) is 2.27. The Kier molecular flexibility index (Phi) is 3.97. The first-order valence-electron chi connectivity index (χ1n) is 5.37. The number of rotatable bonds is 3. The molecule has 0 saturated carbocycles. The van der Waals surface area contributed by atoms with Crippen LogP contribution >= 0.6 is 23.2 Å². The number of aromatic amines is 1. The highest BCUT2D eigenvalue weighted by Crippen LogP contribution is 2.34. The molecule has 1 aromatic heterocycles. The van der Waals surface area contributed by atoms with Crippen molar-refractivity contribution in [2.45, 2.75) is 6.92 Å². The van der Waals surface area contributed by atoms with Gasteiger partial charge in [0.15, 0.2) is 6.29 Å². The SMILES string of the molecule is CCOC(=O)Oc1[nH]c2cc(Cl)cc(Cl)c2c1C=O. The number of halogens is 2. The molecular formula is C12H9Cl2NO4. The summed E-state index contributed by atoms with van der Waals surface area (Å²) in [7, 11) is 0. The molecule has 2 rings (SSSR count). The van der Waals surface area contributed by atoms with Gasteiger partial charge in [-0.3, -0.25) is 4.79 Å². The topological polar surface area (TPSA) is 68.4 Å². The van der Waals surface area contributed by atoms with Crippen molar-refractivity contribution in [3.05, 3.63) is 27.7 Å². The minimum absolute atomic E-state index is 0.0207. The molecule has 7 heteroatoms. The number of H-pyrrole nitrogens is 1. The van der Waals surface area contributed by atoms with Crippen LogP contribution in [0.25, 0.3) is 10.9 Å². The highest BCUT2D eigenvalue weighted by molar-refractivity contribution is 6.39. The second-order valence-corrected chi connectivity index (χ2v) is 4.42. The molecule has 0 unspecified atom stereocenters. The summed E-state index contributed by atoms with van der Waals surface area (Å²) in [6, 6.07) is 3.08. The van der Waals surface area contributed by atoms with Gasteiger partial charge in [-0.1, -0.05) is 23.2 Å². The average molecular weight is 302 g/mol. The van der Waals surface area contributed by atoms with E-state index in [0.29, 0.717) is 27.2 Å². The molecule has 1 N–H and O–H groups in total. The van der Waals surface area contributed by atoms with E-state index in [2.05, 4.69) is 9.72 Å². The van der Waals surface area contributed by atoms with Crippen molar-refractivity contribution < 1.29 is 19.1 Å². The Morgan fingerprint density at radius 2 is 2.16 bits per heavy atom. The Labute approximate surface area is 118 Å². The van der Waals surface area contributed by atoms with Gasteiger partial charge in [0.1, 0.15) is 0 Å². The van der Waals surface area contributed by atoms with Crippen LogP contribution in [0.4, 0.5) is 4.79 Å². The molecule has 2 aromatic rings. The summed E-state index contributed by atoms with van der Waals surface area (Å²) in [5, 5.41) is 1.14. The highest BCUT2D eigenvalue weighted by Gasteiger charge is 2.18. The van der Waals surface area contributed by atoms with Gasteiger partial charge in [-0.25, -0.2) is 4.79 Å². The van der Waals surface area contributed by atoms with E-state index in [9.17, 15) is 9.59 Å². The maximum atomic E-state index is 11.3. The van der Waals surface area contributed by atoms with Crippen molar-refractivity contribution in [3.63, 3.8) is 0 Å². The van der Waals surface area contributed by atoms with Crippen LogP contribution in [-0.4, -0.2) is 24.0 Å². The van der Waals surface area contributed by atoms with E-state index in [0.717, 1.165) is 0 Å². The van der Waals surface area contributed by atoms with Crippen LogP contribution in [0.5, 0.6) is 5.88 Å². The van der Waals surface area contributed by atoms with E-state index < -0.39 is 6.16 Å². The summed E-state index contributed by atoms with van der Waals surface area (Å²) in [5.41, 5.74) is 0.642. The molecule has 0 spiro atoms. The van der Waals surface area contributed by atoms with Crippen molar-refractivity contribution in [2.24, 2.45) is 0 Å². The molecular weight excluding hydrogens is 293 g/mol. The van der Waals surface area contributed by atoms with E-state index in [4.69, 9.17) is 27.9 Å². The van der Waals surface area contributed by atoms with Gasteiger partial charge >= 0.3 is 6.16 Å². The number of benzene rings is 1. The summed E-state index contributed by atoms with van der Waals surface area (Å²) < 4.78 is 9.55. The number of nitrogens with one attached hydrogen (secondary N) is 1. The van der Waals surface area contributed by atoms with Crippen molar-refractivity contribution in [2.75, 3.05) is 6.61 Å². The van der Waals surface area contributed by atoms with Crippen molar-refractivity contribution in [1.29, 1.82) is 0 Å². The van der Waals surface area contributed by atoms with Crippen LogP contribution in [0.3, 0.4) is 0 Å². The van der Waals surface area contributed by atoms with Crippen molar-refractivity contribution in [1.82, 2.24) is 4.98 Å². The molecule has 0 bridgehead atoms. The molecule has 1 heterocycles. The van der Waals surface area contributed by atoms with E-state index in [1.807, 2.05) is 0 Å². The number of carbonyl (C=O) groups is 2. The number of ether oxygens (including phenoxy) is 2. The van der Waals surface area contributed by atoms with Gasteiger partial charge in [0.25, 0.3) is 0 Å². The quantitative estimate of drug-likeness (QED) is 0.691. The molecule has 0 amide bonds. The second kappa shape index (κ2) is 5.50.